The zero-order valence-corrected chi connectivity index (χ0v) is 9.89. The van der Waals surface area contributed by atoms with E-state index in [1.54, 1.807) is 0 Å². The molecular weight excluding hydrogens is 261 g/mol. The fourth-order valence-corrected chi connectivity index (χ4v) is 0.824. The van der Waals surface area contributed by atoms with Gasteiger partial charge in [-0.05, 0) is 12.8 Å². The summed E-state index contributed by atoms with van der Waals surface area (Å²) in [6.45, 7) is 4.47. The van der Waals surface area contributed by atoms with E-state index >= 15 is 0 Å². The van der Waals surface area contributed by atoms with E-state index in [1.165, 1.54) is 20.8 Å². The van der Waals surface area contributed by atoms with Gasteiger partial charge in [0.15, 0.2) is 0 Å². The molecule has 0 aromatic heterocycles. The standard InChI is InChI=1S/C7H11F3.2CH2O3/c1-4-6(5(2)3)7(8,9)10;2*2-1(3)4/h4-5H,1-3H3;2*(H2,2,3,4)/b6-4+;;. The maximum atomic E-state index is 11.9. The van der Waals surface area contributed by atoms with Gasteiger partial charge in [-0.1, -0.05) is 19.9 Å². The number of hydrogen-bond donors (Lipinski definition) is 4. The number of halogens is 3. The fourth-order valence-electron chi connectivity index (χ4n) is 0.824. The zero-order chi connectivity index (χ0) is 15.5. The predicted octanol–water partition coefficient (Wildman–Crippen LogP) is 3.60. The predicted molar refractivity (Wildman–Crippen MR) is 56.0 cm³/mol. The largest absolute Gasteiger partial charge is 0.503 e. The van der Waals surface area contributed by atoms with Gasteiger partial charge >= 0.3 is 18.5 Å². The molecule has 9 heteroatoms. The van der Waals surface area contributed by atoms with Gasteiger partial charge in [0.25, 0.3) is 0 Å². The summed E-state index contributed by atoms with van der Waals surface area (Å²) in [6.07, 6.45) is -6.70. The molecule has 0 atom stereocenters. The first-order valence-electron chi connectivity index (χ1n) is 4.43. The lowest BCUT2D eigenvalue weighted by molar-refractivity contribution is -0.0977. The number of hydrogen-bond acceptors (Lipinski definition) is 2. The Morgan fingerprint density at radius 3 is 1.22 bits per heavy atom. The van der Waals surface area contributed by atoms with Gasteiger partial charge < -0.3 is 20.4 Å². The molecule has 0 spiro atoms. The van der Waals surface area contributed by atoms with Gasteiger partial charge in [0.1, 0.15) is 0 Å². The second kappa shape index (κ2) is 10.2. The summed E-state index contributed by atoms with van der Waals surface area (Å²) in [6, 6.07) is 0. The molecule has 0 aliphatic heterocycles. The van der Waals surface area contributed by atoms with Crippen molar-refractivity contribution in [2.24, 2.45) is 5.92 Å². The van der Waals surface area contributed by atoms with Crippen LogP contribution in [0.25, 0.3) is 0 Å². The Morgan fingerprint density at radius 2 is 1.22 bits per heavy atom. The van der Waals surface area contributed by atoms with Gasteiger partial charge in [-0.3, -0.25) is 0 Å². The third kappa shape index (κ3) is 23.7. The Labute approximate surface area is 101 Å². The SMILES string of the molecule is C/C=C(\C(C)C)C(F)(F)F.O=C(O)O.O=C(O)O. The highest BCUT2D eigenvalue weighted by atomic mass is 19.4. The van der Waals surface area contributed by atoms with Gasteiger partial charge in [-0.25, -0.2) is 9.59 Å². The van der Waals surface area contributed by atoms with Crippen LogP contribution in [0.3, 0.4) is 0 Å². The van der Waals surface area contributed by atoms with Crippen molar-refractivity contribution in [2.45, 2.75) is 26.9 Å². The summed E-state index contributed by atoms with van der Waals surface area (Å²) in [5, 5.41) is 27.9. The summed E-state index contributed by atoms with van der Waals surface area (Å²) < 4.78 is 35.7. The lowest BCUT2D eigenvalue weighted by atomic mass is 10.0. The smallest absolute Gasteiger partial charge is 0.450 e. The molecule has 0 aromatic carbocycles. The average Bonchev–Trinajstić information content (AvgIpc) is 1.97. The lowest BCUT2D eigenvalue weighted by Gasteiger charge is -2.13. The molecule has 4 N–H and O–H groups in total. The van der Waals surface area contributed by atoms with E-state index in [0.717, 1.165) is 6.08 Å². The molecule has 0 amide bonds. The molecule has 0 radical (unpaired) electrons. The zero-order valence-electron chi connectivity index (χ0n) is 9.89. The highest BCUT2D eigenvalue weighted by molar-refractivity contribution is 5.53. The second-order valence-electron chi connectivity index (χ2n) is 2.96. The average molecular weight is 276 g/mol. The molecule has 0 aromatic rings. The normalized spacial score (nSPS) is 10.7. The summed E-state index contributed by atoms with van der Waals surface area (Å²) in [7, 11) is 0. The number of carboxylic acid groups (broad SMARTS) is 4. The Bertz CT molecular complexity index is 263. The van der Waals surface area contributed by atoms with Crippen molar-refractivity contribution < 1.29 is 43.2 Å². The van der Waals surface area contributed by atoms with Crippen LogP contribution >= 0.6 is 0 Å². The van der Waals surface area contributed by atoms with Crippen molar-refractivity contribution >= 4 is 12.3 Å². The molecule has 0 saturated carbocycles. The van der Waals surface area contributed by atoms with E-state index < -0.39 is 30.0 Å². The van der Waals surface area contributed by atoms with E-state index in [0.29, 0.717) is 0 Å². The number of carbonyl (C=O) groups is 2. The van der Waals surface area contributed by atoms with E-state index in [2.05, 4.69) is 0 Å². The van der Waals surface area contributed by atoms with E-state index in [1.807, 2.05) is 0 Å². The third-order valence-electron chi connectivity index (χ3n) is 1.26. The van der Waals surface area contributed by atoms with Crippen LogP contribution in [0.4, 0.5) is 22.8 Å². The third-order valence-corrected chi connectivity index (χ3v) is 1.26. The first-order chi connectivity index (χ1) is 7.86. The summed E-state index contributed by atoms with van der Waals surface area (Å²) in [4.78, 5) is 17.1. The lowest BCUT2D eigenvalue weighted by Crippen LogP contribution is -2.16. The fraction of sp³-hybridized carbons (Fsp3) is 0.556. The Morgan fingerprint density at radius 1 is 1.00 bits per heavy atom. The van der Waals surface area contributed by atoms with Crippen molar-refractivity contribution in [3.8, 4) is 0 Å². The summed E-state index contributed by atoms with van der Waals surface area (Å²) >= 11 is 0. The molecule has 108 valence electrons. The van der Waals surface area contributed by atoms with Crippen molar-refractivity contribution in [3.05, 3.63) is 11.6 Å². The number of alkyl halides is 3. The van der Waals surface area contributed by atoms with Crippen LogP contribution in [0.1, 0.15) is 20.8 Å². The monoisotopic (exact) mass is 276 g/mol. The van der Waals surface area contributed by atoms with Crippen LogP contribution in [0.15, 0.2) is 11.6 Å². The molecule has 0 fully saturated rings. The minimum absolute atomic E-state index is 0.440. The Balaban J connectivity index is -0.000000233. The molecular formula is C9H15F3O6. The number of rotatable bonds is 1. The molecule has 0 heterocycles. The van der Waals surface area contributed by atoms with Crippen LogP contribution in [-0.2, 0) is 0 Å². The van der Waals surface area contributed by atoms with Crippen LogP contribution in [-0.4, -0.2) is 38.9 Å². The summed E-state index contributed by atoms with van der Waals surface area (Å²) in [5.74, 6) is -0.440. The Kier molecular flexibility index (Phi) is 12.2. The van der Waals surface area contributed by atoms with Gasteiger partial charge in [0.2, 0.25) is 0 Å². The maximum absolute atomic E-state index is 11.9. The quantitative estimate of drug-likeness (QED) is 0.544. The highest BCUT2D eigenvalue weighted by Gasteiger charge is 2.34. The van der Waals surface area contributed by atoms with E-state index in [4.69, 9.17) is 30.0 Å². The van der Waals surface area contributed by atoms with Gasteiger partial charge in [-0.15, -0.1) is 0 Å². The van der Waals surface area contributed by atoms with Crippen LogP contribution in [0.5, 0.6) is 0 Å². The first-order valence-corrected chi connectivity index (χ1v) is 4.43. The Hall–Kier alpha value is -1.93. The van der Waals surface area contributed by atoms with Gasteiger partial charge in [-0.2, -0.15) is 13.2 Å². The molecule has 18 heavy (non-hydrogen) atoms. The van der Waals surface area contributed by atoms with Crippen molar-refractivity contribution in [2.75, 3.05) is 0 Å². The van der Waals surface area contributed by atoms with Crippen molar-refractivity contribution in [1.29, 1.82) is 0 Å². The molecule has 0 aliphatic rings. The molecule has 0 saturated heterocycles. The topological polar surface area (TPSA) is 115 Å². The maximum Gasteiger partial charge on any atom is 0.503 e. The minimum atomic E-state index is -4.15. The molecule has 0 aliphatic carbocycles. The van der Waals surface area contributed by atoms with Crippen LogP contribution in [0, 0.1) is 5.92 Å². The van der Waals surface area contributed by atoms with Crippen molar-refractivity contribution in [3.63, 3.8) is 0 Å². The van der Waals surface area contributed by atoms with E-state index in [-0.39, 0.29) is 0 Å². The second-order valence-corrected chi connectivity index (χ2v) is 2.96. The molecule has 0 unspecified atom stereocenters. The van der Waals surface area contributed by atoms with E-state index in [9.17, 15) is 13.2 Å². The first kappa shape index (κ1) is 21.4. The van der Waals surface area contributed by atoms with Crippen LogP contribution < -0.4 is 0 Å². The van der Waals surface area contributed by atoms with Crippen LogP contribution in [0.2, 0.25) is 0 Å². The van der Waals surface area contributed by atoms with Crippen molar-refractivity contribution in [1.82, 2.24) is 0 Å². The van der Waals surface area contributed by atoms with Gasteiger partial charge in [0, 0.05) is 5.57 Å². The minimum Gasteiger partial charge on any atom is -0.450 e. The summed E-state index contributed by atoms with van der Waals surface area (Å²) in [5.41, 5.74) is -0.451. The van der Waals surface area contributed by atoms with Gasteiger partial charge in [0.05, 0.1) is 0 Å². The molecule has 6 nitrogen and oxygen atoms in total. The highest BCUT2D eigenvalue weighted by Crippen LogP contribution is 2.30. The number of allylic oxidation sites excluding steroid dienone is 2. The molecule has 0 bridgehead atoms. The molecule has 0 rings (SSSR count).